The quantitative estimate of drug-likeness (QED) is 0.525. The van der Waals surface area contributed by atoms with Crippen molar-refractivity contribution in [1.29, 1.82) is 0 Å². The number of hydrogen-bond acceptors (Lipinski definition) is 5. The molecule has 24 heavy (non-hydrogen) atoms. The average Bonchev–Trinajstić information content (AvgIpc) is 2.58. The van der Waals surface area contributed by atoms with Gasteiger partial charge in [-0.15, -0.1) is 0 Å². The van der Waals surface area contributed by atoms with Crippen molar-refractivity contribution >= 4 is 11.9 Å². The number of aliphatic carboxylic acids is 2. The number of aryl methyl sites for hydroxylation is 1. The van der Waals surface area contributed by atoms with Gasteiger partial charge in [-0.05, 0) is 32.0 Å². The van der Waals surface area contributed by atoms with Gasteiger partial charge >= 0.3 is 11.9 Å². The molecule has 0 atom stereocenters. The standard InChI is InChI=1S/C15H24N2O.C2H2O4/c1-14-3-5-15(6-4-14)13-16-7-2-8-17-9-11-18-12-10-17;3-1(4)2(5)6/h3-6,16H,2,7-13H2,1H3;(H,3,4)(H,5,6). The van der Waals surface area contributed by atoms with Crippen molar-refractivity contribution in [2.45, 2.75) is 19.9 Å². The first-order valence-corrected chi connectivity index (χ1v) is 8.01. The van der Waals surface area contributed by atoms with E-state index in [0.29, 0.717) is 0 Å². The van der Waals surface area contributed by atoms with Crippen LogP contribution in [0.5, 0.6) is 0 Å². The predicted octanol–water partition coefficient (Wildman–Crippen LogP) is 0.963. The maximum Gasteiger partial charge on any atom is 0.414 e. The zero-order chi connectivity index (χ0) is 17.8. The number of benzene rings is 1. The Bertz CT molecular complexity index is 486. The molecule has 0 bridgehead atoms. The zero-order valence-electron chi connectivity index (χ0n) is 14.0. The molecule has 0 spiro atoms. The average molecular weight is 338 g/mol. The zero-order valence-corrected chi connectivity index (χ0v) is 14.0. The summed E-state index contributed by atoms with van der Waals surface area (Å²) < 4.78 is 5.34. The fourth-order valence-corrected chi connectivity index (χ4v) is 2.19. The van der Waals surface area contributed by atoms with Gasteiger partial charge in [0.15, 0.2) is 0 Å². The van der Waals surface area contributed by atoms with E-state index in [1.165, 1.54) is 24.1 Å². The van der Waals surface area contributed by atoms with Crippen molar-refractivity contribution in [3.05, 3.63) is 35.4 Å². The summed E-state index contributed by atoms with van der Waals surface area (Å²) in [7, 11) is 0. The number of ether oxygens (including phenoxy) is 1. The molecular formula is C17H26N2O5. The van der Waals surface area contributed by atoms with Crippen LogP contribution in [0.4, 0.5) is 0 Å². The minimum absolute atomic E-state index is 0.900. The normalized spacial score (nSPS) is 14.5. The van der Waals surface area contributed by atoms with Crippen molar-refractivity contribution < 1.29 is 24.5 Å². The van der Waals surface area contributed by atoms with Crippen molar-refractivity contribution in [3.8, 4) is 0 Å². The van der Waals surface area contributed by atoms with E-state index in [0.717, 1.165) is 39.4 Å². The van der Waals surface area contributed by atoms with Gasteiger partial charge < -0.3 is 20.3 Å². The van der Waals surface area contributed by atoms with Crippen LogP contribution < -0.4 is 5.32 Å². The van der Waals surface area contributed by atoms with E-state index >= 15 is 0 Å². The number of rotatable bonds is 6. The van der Waals surface area contributed by atoms with Crippen LogP contribution in [-0.4, -0.2) is 66.4 Å². The first kappa shape index (κ1) is 20.1. The molecule has 134 valence electrons. The highest BCUT2D eigenvalue weighted by Gasteiger charge is 2.08. The summed E-state index contributed by atoms with van der Waals surface area (Å²) in [6.45, 7) is 9.36. The number of nitrogens with zero attached hydrogens (tertiary/aromatic N) is 1. The SMILES string of the molecule is Cc1ccc(CNCCCN2CCOCC2)cc1.O=C(O)C(=O)O. The van der Waals surface area contributed by atoms with Crippen LogP contribution in [0.1, 0.15) is 17.5 Å². The molecule has 1 aliphatic heterocycles. The van der Waals surface area contributed by atoms with Gasteiger partial charge in [0.25, 0.3) is 0 Å². The molecule has 0 radical (unpaired) electrons. The summed E-state index contributed by atoms with van der Waals surface area (Å²) in [4.78, 5) is 20.7. The third kappa shape index (κ3) is 9.24. The van der Waals surface area contributed by atoms with E-state index in [4.69, 9.17) is 24.5 Å². The Morgan fingerprint density at radius 3 is 2.25 bits per heavy atom. The highest BCUT2D eigenvalue weighted by molar-refractivity contribution is 6.27. The van der Waals surface area contributed by atoms with Crippen LogP contribution in [0.2, 0.25) is 0 Å². The number of carboxylic acid groups (broad SMARTS) is 2. The van der Waals surface area contributed by atoms with E-state index in [-0.39, 0.29) is 0 Å². The van der Waals surface area contributed by atoms with Gasteiger partial charge in [0.2, 0.25) is 0 Å². The molecule has 0 saturated carbocycles. The van der Waals surface area contributed by atoms with Gasteiger partial charge in [-0.2, -0.15) is 0 Å². The summed E-state index contributed by atoms with van der Waals surface area (Å²) in [6.07, 6.45) is 1.21. The van der Waals surface area contributed by atoms with Gasteiger partial charge in [-0.3, -0.25) is 4.90 Å². The second kappa shape index (κ2) is 11.6. The van der Waals surface area contributed by atoms with E-state index in [1.54, 1.807) is 0 Å². The number of morpholine rings is 1. The van der Waals surface area contributed by atoms with Crippen molar-refractivity contribution in [3.63, 3.8) is 0 Å². The first-order valence-electron chi connectivity index (χ1n) is 8.01. The topological polar surface area (TPSA) is 99.1 Å². The highest BCUT2D eigenvalue weighted by atomic mass is 16.5. The molecule has 1 aliphatic rings. The third-order valence-corrected chi connectivity index (χ3v) is 3.56. The maximum atomic E-state index is 9.10. The Hall–Kier alpha value is -1.96. The molecule has 0 aromatic heterocycles. The van der Waals surface area contributed by atoms with E-state index in [9.17, 15) is 0 Å². The lowest BCUT2D eigenvalue weighted by molar-refractivity contribution is -0.159. The summed E-state index contributed by atoms with van der Waals surface area (Å²) in [6, 6.07) is 8.74. The Labute approximate surface area is 142 Å². The largest absolute Gasteiger partial charge is 0.473 e. The Morgan fingerprint density at radius 2 is 1.71 bits per heavy atom. The Morgan fingerprint density at radius 1 is 1.12 bits per heavy atom. The Balaban J connectivity index is 0.000000413. The lowest BCUT2D eigenvalue weighted by Crippen LogP contribution is -2.37. The molecule has 2 rings (SSSR count). The van der Waals surface area contributed by atoms with Gasteiger partial charge in [-0.25, -0.2) is 9.59 Å². The van der Waals surface area contributed by atoms with Crippen LogP contribution in [0.25, 0.3) is 0 Å². The monoisotopic (exact) mass is 338 g/mol. The van der Waals surface area contributed by atoms with E-state index < -0.39 is 11.9 Å². The van der Waals surface area contributed by atoms with Crippen molar-refractivity contribution in [1.82, 2.24) is 10.2 Å². The van der Waals surface area contributed by atoms with E-state index in [2.05, 4.69) is 41.4 Å². The molecule has 1 aromatic carbocycles. The second-order valence-corrected chi connectivity index (χ2v) is 5.58. The van der Waals surface area contributed by atoms with Crippen molar-refractivity contribution in [2.75, 3.05) is 39.4 Å². The van der Waals surface area contributed by atoms with Crippen molar-refractivity contribution in [2.24, 2.45) is 0 Å². The molecule has 7 heteroatoms. The highest BCUT2D eigenvalue weighted by Crippen LogP contribution is 2.02. The lowest BCUT2D eigenvalue weighted by atomic mass is 10.1. The molecule has 3 N–H and O–H groups in total. The predicted molar refractivity (Wildman–Crippen MR) is 90.0 cm³/mol. The Kier molecular flexibility index (Phi) is 9.67. The molecule has 0 unspecified atom stereocenters. The maximum absolute atomic E-state index is 9.10. The molecule has 1 heterocycles. The lowest BCUT2D eigenvalue weighted by Gasteiger charge is -2.26. The molecule has 0 aliphatic carbocycles. The van der Waals surface area contributed by atoms with Gasteiger partial charge in [-0.1, -0.05) is 29.8 Å². The van der Waals surface area contributed by atoms with E-state index in [1.807, 2.05) is 0 Å². The molecule has 1 saturated heterocycles. The minimum atomic E-state index is -1.82. The summed E-state index contributed by atoms with van der Waals surface area (Å²) in [5, 5.41) is 18.3. The van der Waals surface area contributed by atoms with Crippen LogP contribution in [-0.2, 0) is 20.9 Å². The fraction of sp³-hybridized carbons (Fsp3) is 0.529. The molecular weight excluding hydrogens is 312 g/mol. The van der Waals surface area contributed by atoms with Crippen LogP contribution in [0.15, 0.2) is 24.3 Å². The third-order valence-electron chi connectivity index (χ3n) is 3.56. The fourth-order valence-electron chi connectivity index (χ4n) is 2.19. The molecule has 1 fully saturated rings. The number of carbonyl (C=O) groups is 2. The molecule has 0 amide bonds. The number of nitrogens with one attached hydrogen (secondary N) is 1. The molecule has 7 nitrogen and oxygen atoms in total. The summed E-state index contributed by atoms with van der Waals surface area (Å²) in [5.41, 5.74) is 2.69. The first-order chi connectivity index (χ1) is 11.5. The summed E-state index contributed by atoms with van der Waals surface area (Å²) >= 11 is 0. The summed E-state index contributed by atoms with van der Waals surface area (Å²) in [5.74, 6) is -3.65. The van der Waals surface area contributed by atoms with Crippen LogP contribution >= 0.6 is 0 Å². The second-order valence-electron chi connectivity index (χ2n) is 5.58. The smallest absolute Gasteiger partial charge is 0.414 e. The molecule has 1 aromatic rings. The van der Waals surface area contributed by atoms with Gasteiger partial charge in [0, 0.05) is 19.6 Å². The van der Waals surface area contributed by atoms with Gasteiger partial charge in [0.05, 0.1) is 13.2 Å². The van der Waals surface area contributed by atoms with Crippen LogP contribution in [0, 0.1) is 6.92 Å². The minimum Gasteiger partial charge on any atom is -0.473 e. The van der Waals surface area contributed by atoms with Gasteiger partial charge in [0.1, 0.15) is 0 Å². The van der Waals surface area contributed by atoms with Crippen LogP contribution in [0.3, 0.4) is 0 Å². The number of hydrogen-bond donors (Lipinski definition) is 3. The number of carboxylic acids is 2.